The van der Waals surface area contributed by atoms with Crippen LogP contribution in [-0.2, 0) is 0 Å². The van der Waals surface area contributed by atoms with Crippen molar-refractivity contribution < 1.29 is 0 Å². The molecule has 0 radical (unpaired) electrons. The fourth-order valence-electron chi connectivity index (χ4n) is 2.68. The zero-order valence-corrected chi connectivity index (χ0v) is 12.9. The molecule has 106 valence electrons. The molecule has 0 bridgehead atoms. The monoisotopic (exact) mass is 287 g/mol. The van der Waals surface area contributed by atoms with Gasteiger partial charge in [-0.15, -0.1) is 0 Å². The molecule has 0 saturated carbocycles. The molecular weight excluding hydrogens is 266 g/mol. The molecular formula is C16H21N3S. The van der Waals surface area contributed by atoms with E-state index in [0.717, 1.165) is 31.9 Å². The largest absolute Gasteiger partial charge is 0.398 e. The van der Waals surface area contributed by atoms with Crippen LogP contribution < -0.4 is 10.6 Å². The Morgan fingerprint density at radius 3 is 2.45 bits per heavy atom. The van der Waals surface area contributed by atoms with E-state index < -0.39 is 0 Å². The Morgan fingerprint density at radius 1 is 1.05 bits per heavy atom. The lowest BCUT2D eigenvalue weighted by Crippen LogP contribution is -2.44. The van der Waals surface area contributed by atoms with Crippen LogP contribution in [0.4, 0.5) is 11.4 Å². The molecule has 1 aliphatic rings. The number of likely N-dealkylation sites (N-methyl/N-ethyl adjacent to an activating group) is 1. The standard InChI is InChI=1S/C16H21N3S/c1-12-10-20-11-15(12)14-9-13(3-4-16(14)17)19-7-5-18(2)6-8-19/h3-4,9-11H,5-8,17H2,1-2H3. The molecule has 1 saturated heterocycles. The van der Waals surface area contributed by atoms with Gasteiger partial charge in [-0.25, -0.2) is 0 Å². The molecule has 2 heterocycles. The van der Waals surface area contributed by atoms with Crippen LogP contribution in [0.5, 0.6) is 0 Å². The Bertz CT molecular complexity index is 598. The summed E-state index contributed by atoms with van der Waals surface area (Å²) in [7, 11) is 2.18. The number of nitrogen functional groups attached to an aromatic ring is 1. The number of nitrogens with zero attached hydrogens (tertiary/aromatic N) is 2. The first kappa shape index (κ1) is 13.5. The first-order valence-corrected chi connectivity index (χ1v) is 7.95. The molecule has 1 fully saturated rings. The van der Waals surface area contributed by atoms with Crippen molar-refractivity contribution in [3.8, 4) is 11.1 Å². The van der Waals surface area contributed by atoms with Gasteiger partial charge in [0.2, 0.25) is 0 Å². The van der Waals surface area contributed by atoms with Crippen LogP contribution in [0, 0.1) is 6.92 Å². The van der Waals surface area contributed by atoms with Gasteiger partial charge < -0.3 is 15.5 Å². The quantitative estimate of drug-likeness (QED) is 0.862. The summed E-state index contributed by atoms with van der Waals surface area (Å²) in [5.74, 6) is 0. The minimum absolute atomic E-state index is 0.865. The SMILES string of the molecule is Cc1cscc1-c1cc(N2CCN(C)CC2)ccc1N. The van der Waals surface area contributed by atoms with Gasteiger partial charge in [0.1, 0.15) is 0 Å². The summed E-state index contributed by atoms with van der Waals surface area (Å²) in [4.78, 5) is 4.82. The van der Waals surface area contributed by atoms with Gasteiger partial charge in [0.15, 0.2) is 0 Å². The third-order valence-electron chi connectivity index (χ3n) is 4.05. The molecule has 20 heavy (non-hydrogen) atoms. The van der Waals surface area contributed by atoms with E-state index in [1.807, 2.05) is 6.07 Å². The smallest absolute Gasteiger partial charge is 0.0395 e. The van der Waals surface area contributed by atoms with E-state index in [9.17, 15) is 0 Å². The maximum Gasteiger partial charge on any atom is 0.0395 e. The second-order valence-electron chi connectivity index (χ2n) is 5.53. The number of nitrogens with two attached hydrogens (primary N) is 1. The summed E-state index contributed by atoms with van der Waals surface area (Å²) in [5.41, 5.74) is 12.1. The molecule has 0 atom stereocenters. The molecule has 1 aromatic carbocycles. The topological polar surface area (TPSA) is 32.5 Å². The highest BCUT2D eigenvalue weighted by atomic mass is 32.1. The second-order valence-corrected chi connectivity index (χ2v) is 6.27. The summed E-state index contributed by atoms with van der Waals surface area (Å²) >= 11 is 1.74. The van der Waals surface area contributed by atoms with Gasteiger partial charge in [-0.3, -0.25) is 0 Å². The van der Waals surface area contributed by atoms with Crippen molar-refractivity contribution in [2.45, 2.75) is 6.92 Å². The average molecular weight is 287 g/mol. The molecule has 4 heteroatoms. The summed E-state index contributed by atoms with van der Waals surface area (Å²) in [5, 5.41) is 4.37. The lowest BCUT2D eigenvalue weighted by atomic mass is 10.0. The van der Waals surface area contributed by atoms with Crippen LogP contribution in [0.2, 0.25) is 0 Å². The molecule has 2 aromatic rings. The Balaban J connectivity index is 1.93. The summed E-state index contributed by atoms with van der Waals surface area (Å²) in [6.07, 6.45) is 0. The minimum Gasteiger partial charge on any atom is -0.398 e. The molecule has 1 aliphatic heterocycles. The number of benzene rings is 1. The van der Waals surface area contributed by atoms with E-state index in [2.05, 4.69) is 46.7 Å². The Labute approximate surface area is 124 Å². The molecule has 0 spiro atoms. The first-order valence-electron chi connectivity index (χ1n) is 7.01. The Hall–Kier alpha value is -1.52. The fourth-order valence-corrected chi connectivity index (χ4v) is 3.52. The molecule has 2 N–H and O–H groups in total. The number of anilines is 2. The molecule has 0 unspecified atom stereocenters. The van der Waals surface area contributed by atoms with Crippen molar-refractivity contribution >= 4 is 22.7 Å². The number of rotatable bonds is 2. The molecule has 3 rings (SSSR count). The molecule has 3 nitrogen and oxygen atoms in total. The Kier molecular flexibility index (Phi) is 3.68. The lowest BCUT2D eigenvalue weighted by Gasteiger charge is -2.34. The van der Waals surface area contributed by atoms with Crippen LogP contribution in [0.3, 0.4) is 0 Å². The third-order valence-corrected chi connectivity index (χ3v) is 4.91. The second kappa shape index (κ2) is 5.46. The van der Waals surface area contributed by atoms with Gasteiger partial charge >= 0.3 is 0 Å². The first-order chi connectivity index (χ1) is 9.65. The van der Waals surface area contributed by atoms with E-state index >= 15 is 0 Å². The van der Waals surface area contributed by atoms with Crippen molar-refractivity contribution in [2.75, 3.05) is 43.9 Å². The highest BCUT2D eigenvalue weighted by Crippen LogP contribution is 2.34. The van der Waals surface area contributed by atoms with E-state index in [-0.39, 0.29) is 0 Å². The van der Waals surface area contributed by atoms with Gasteiger partial charge in [-0.2, -0.15) is 11.3 Å². The lowest BCUT2D eigenvalue weighted by molar-refractivity contribution is 0.313. The van der Waals surface area contributed by atoms with Gasteiger partial charge in [0.05, 0.1) is 0 Å². The number of thiophene rings is 1. The average Bonchev–Trinajstić information content (AvgIpc) is 2.87. The number of hydrogen-bond donors (Lipinski definition) is 1. The van der Waals surface area contributed by atoms with Crippen molar-refractivity contribution in [3.05, 3.63) is 34.5 Å². The van der Waals surface area contributed by atoms with Crippen molar-refractivity contribution in [3.63, 3.8) is 0 Å². The van der Waals surface area contributed by atoms with Crippen LogP contribution in [0.25, 0.3) is 11.1 Å². The fraction of sp³-hybridized carbons (Fsp3) is 0.375. The van der Waals surface area contributed by atoms with Crippen molar-refractivity contribution in [2.24, 2.45) is 0 Å². The number of aryl methyl sites for hydroxylation is 1. The van der Waals surface area contributed by atoms with E-state index in [1.54, 1.807) is 11.3 Å². The van der Waals surface area contributed by atoms with Crippen molar-refractivity contribution in [1.29, 1.82) is 0 Å². The maximum atomic E-state index is 6.18. The zero-order valence-electron chi connectivity index (χ0n) is 12.1. The van der Waals surface area contributed by atoms with Gasteiger partial charge in [-0.05, 0) is 54.1 Å². The van der Waals surface area contributed by atoms with Gasteiger partial charge in [-0.1, -0.05) is 0 Å². The van der Waals surface area contributed by atoms with Gasteiger partial charge in [0, 0.05) is 43.1 Å². The maximum absolute atomic E-state index is 6.18. The van der Waals surface area contributed by atoms with Crippen molar-refractivity contribution in [1.82, 2.24) is 4.90 Å². The van der Waals surface area contributed by atoms with Crippen LogP contribution in [0.15, 0.2) is 29.0 Å². The number of piperazine rings is 1. The number of hydrogen-bond acceptors (Lipinski definition) is 4. The van der Waals surface area contributed by atoms with Crippen LogP contribution in [-0.4, -0.2) is 38.1 Å². The summed E-state index contributed by atoms with van der Waals surface area (Å²) in [6.45, 7) is 6.56. The summed E-state index contributed by atoms with van der Waals surface area (Å²) < 4.78 is 0. The highest BCUT2D eigenvalue weighted by Gasteiger charge is 2.16. The van der Waals surface area contributed by atoms with Crippen LogP contribution in [0.1, 0.15) is 5.56 Å². The Morgan fingerprint density at radius 2 is 1.80 bits per heavy atom. The third kappa shape index (κ3) is 2.53. The molecule has 1 aromatic heterocycles. The predicted octanol–water partition coefficient (Wildman–Crippen LogP) is 3.06. The normalized spacial score (nSPS) is 16.6. The summed E-state index contributed by atoms with van der Waals surface area (Å²) in [6, 6.07) is 6.43. The van der Waals surface area contributed by atoms with Gasteiger partial charge in [0.25, 0.3) is 0 Å². The minimum atomic E-state index is 0.865. The highest BCUT2D eigenvalue weighted by molar-refractivity contribution is 7.08. The molecule has 0 amide bonds. The predicted molar refractivity (Wildman–Crippen MR) is 88.6 cm³/mol. The van der Waals surface area contributed by atoms with Crippen LogP contribution >= 0.6 is 11.3 Å². The van der Waals surface area contributed by atoms with E-state index in [1.165, 1.54) is 22.4 Å². The van der Waals surface area contributed by atoms with E-state index in [0.29, 0.717) is 0 Å². The zero-order chi connectivity index (χ0) is 14.1. The molecule has 0 aliphatic carbocycles. The van der Waals surface area contributed by atoms with E-state index in [4.69, 9.17) is 5.73 Å².